The quantitative estimate of drug-likeness (QED) is 0.494. The highest BCUT2D eigenvalue weighted by molar-refractivity contribution is 6.03. The molecule has 3 fully saturated rings. The maximum absolute atomic E-state index is 13.9. The number of ether oxygens (including phenoxy) is 1. The second kappa shape index (κ2) is 10.8. The fourth-order valence-electron chi connectivity index (χ4n) is 7.15. The zero-order valence-corrected chi connectivity index (χ0v) is 22.1. The molecule has 6 rings (SSSR count). The zero-order chi connectivity index (χ0) is 26.1. The van der Waals surface area contributed by atoms with Crippen molar-refractivity contribution >= 4 is 22.6 Å². The van der Waals surface area contributed by atoms with Crippen LogP contribution in [0.5, 0.6) is 5.88 Å². The van der Waals surface area contributed by atoms with Crippen LogP contribution in [0.1, 0.15) is 87.2 Å². The third kappa shape index (κ3) is 4.82. The summed E-state index contributed by atoms with van der Waals surface area (Å²) in [7, 11) is 1.54. The number of fused-ring (bicyclic) bond motifs is 3. The highest BCUT2D eigenvalue weighted by Gasteiger charge is 2.44. The molecular formula is C30H37N5O3. The molecule has 8 heteroatoms. The highest BCUT2D eigenvalue weighted by atomic mass is 16.5. The third-order valence-electron chi connectivity index (χ3n) is 8.84. The lowest BCUT2D eigenvalue weighted by Gasteiger charge is -2.45. The first-order valence-electron chi connectivity index (χ1n) is 14.2. The lowest BCUT2D eigenvalue weighted by Crippen LogP contribution is -2.50. The Balaban J connectivity index is 1.30. The molecule has 3 atom stereocenters. The van der Waals surface area contributed by atoms with Crippen LogP contribution in [0.25, 0.3) is 11.0 Å². The van der Waals surface area contributed by atoms with Gasteiger partial charge in [-0.1, -0.05) is 44.2 Å². The molecule has 0 radical (unpaired) electrons. The van der Waals surface area contributed by atoms with Gasteiger partial charge in [0.15, 0.2) is 5.69 Å². The van der Waals surface area contributed by atoms with Crippen LogP contribution in [0.4, 0.5) is 5.69 Å². The molecular weight excluding hydrogens is 478 g/mol. The number of pyridine rings is 1. The Hall–Kier alpha value is -3.26. The van der Waals surface area contributed by atoms with Gasteiger partial charge in [-0.25, -0.2) is 9.97 Å². The molecule has 1 aromatic carbocycles. The van der Waals surface area contributed by atoms with Crippen LogP contribution in [-0.2, 0) is 0 Å². The van der Waals surface area contributed by atoms with Crippen molar-refractivity contribution in [3.63, 3.8) is 0 Å². The Kier molecular flexibility index (Phi) is 7.15. The van der Waals surface area contributed by atoms with E-state index in [-0.39, 0.29) is 17.3 Å². The van der Waals surface area contributed by atoms with Crippen molar-refractivity contribution in [2.75, 3.05) is 12.4 Å². The van der Waals surface area contributed by atoms with Gasteiger partial charge in [0.1, 0.15) is 0 Å². The van der Waals surface area contributed by atoms with Crippen LogP contribution in [0.15, 0.2) is 47.4 Å². The zero-order valence-electron chi connectivity index (χ0n) is 22.1. The van der Waals surface area contributed by atoms with Crippen molar-refractivity contribution in [1.29, 1.82) is 0 Å². The molecule has 3 aromatic rings. The first kappa shape index (κ1) is 25.0. The Morgan fingerprint density at radius 1 is 0.895 bits per heavy atom. The summed E-state index contributed by atoms with van der Waals surface area (Å²) in [5, 5.41) is 2.80. The lowest BCUT2D eigenvalue weighted by atomic mass is 9.89. The number of amides is 1. The summed E-state index contributed by atoms with van der Waals surface area (Å²) in [6, 6.07) is 12.8. The van der Waals surface area contributed by atoms with Gasteiger partial charge < -0.3 is 14.6 Å². The number of piperidine rings is 1. The van der Waals surface area contributed by atoms with Crippen LogP contribution in [0.3, 0.4) is 0 Å². The second-order valence-corrected chi connectivity index (χ2v) is 11.1. The number of methoxy groups -OCH3 is 1. The minimum atomic E-state index is -0.517. The van der Waals surface area contributed by atoms with E-state index in [1.165, 1.54) is 71.1 Å². The summed E-state index contributed by atoms with van der Waals surface area (Å²) in [5.74, 6) is -0.0639. The van der Waals surface area contributed by atoms with Gasteiger partial charge in [0.05, 0.1) is 30.0 Å². The number of hydrogen-bond donors (Lipinski definition) is 1. The Morgan fingerprint density at radius 2 is 1.61 bits per heavy atom. The van der Waals surface area contributed by atoms with Gasteiger partial charge in [-0.15, -0.1) is 0 Å². The van der Waals surface area contributed by atoms with E-state index in [0.717, 1.165) is 18.4 Å². The number of nitrogens with one attached hydrogen (secondary N) is 1. The van der Waals surface area contributed by atoms with Gasteiger partial charge in [0.25, 0.3) is 11.5 Å². The van der Waals surface area contributed by atoms with Gasteiger partial charge in [-0.3, -0.25) is 14.5 Å². The summed E-state index contributed by atoms with van der Waals surface area (Å²) in [5.41, 5.74) is 1.58. The van der Waals surface area contributed by atoms with E-state index in [2.05, 4.69) is 20.2 Å². The lowest BCUT2D eigenvalue weighted by molar-refractivity contribution is 0.0497. The number of anilines is 1. The van der Waals surface area contributed by atoms with Crippen molar-refractivity contribution in [2.45, 2.75) is 94.8 Å². The number of nitrogens with zero attached hydrogens (tertiary/aromatic N) is 4. The van der Waals surface area contributed by atoms with Gasteiger partial charge in [-0.2, -0.15) is 0 Å². The molecule has 4 heterocycles. The number of carbonyl (C=O) groups excluding carboxylic acids is 1. The smallest absolute Gasteiger partial charge is 0.282 e. The number of benzene rings is 1. The van der Waals surface area contributed by atoms with E-state index in [9.17, 15) is 9.59 Å². The van der Waals surface area contributed by atoms with E-state index < -0.39 is 5.91 Å². The normalized spacial score (nSPS) is 24.6. The first-order chi connectivity index (χ1) is 18.6. The van der Waals surface area contributed by atoms with E-state index in [1.807, 2.05) is 28.8 Å². The van der Waals surface area contributed by atoms with Crippen molar-refractivity contribution in [2.24, 2.45) is 0 Å². The van der Waals surface area contributed by atoms with Gasteiger partial charge in [-0.05, 0) is 56.7 Å². The molecule has 1 saturated carbocycles. The summed E-state index contributed by atoms with van der Waals surface area (Å²) in [6.45, 7) is 0. The van der Waals surface area contributed by atoms with E-state index in [0.29, 0.717) is 35.2 Å². The molecule has 0 unspecified atom stereocenters. The monoisotopic (exact) mass is 515 g/mol. The van der Waals surface area contributed by atoms with Crippen LogP contribution in [0.2, 0.25) is 0 Å². The summed E-state index contributed by atoms with van der Waals surface area (Å²) in [4.78, 5) is 38.7. The summed E-state index contributed by atoms with van der Waals surface area (Å²) >= 11 is 0. The standard InChI is InChI=1S/C30H37N5O3/c1-38-27-16-13-20(19-31-27)32-29(36)28-30(37)35(26-12-8-7-11-25(26)33-28)24-17-22-14-15-23(18-24)34(22)21-9-5-3-2-4-6-10-21/h7-8,11-13,16,19,21-24H,2-6,9-10,14-15,17-18H2,1H3,(H,32,36)/t22-,23+,24+. The summed E-state index contributed by atoms with van der Waals surface area (Å²) < 4.78 is 6.98. The maximum atomic E-state index is 13.9. The Morgan fingerprint density at radius 3 is 2.29 bits per heavy atom. The number of para-hydroxylation sites is 2. The molecule has 1 aliphatic carbocycles. The number of aromatic nitrogens is 3. The molecule has 8 nitrogen and oxygen atoms in total. The average Bonchev–Trinajstić information content (AvgIpc) is 3.17. The van der Waals surface area contributed by atoms with Gasteiger partial charge in [0, 0.05) is 30.2 Å². The van der Waals surface area contributed by atoms with E-state index in [4.69, 9.17) is 4.74 Å². The third-order valence-corrected chi connectivity index (χ3v) is 8.84. The van der Waals surface area contributed by atoms with Crippen LogP contribution in [-0.4, -0.2) is 50.6 Å². The van der Waals surface area contributed by atoms with E-state index >= 15 is 0 Å². The molecule has 2 saturated heterocycles. The maximum Gasteiger partial charge on any atom is 0.282 e. The van der Waals surface area contributed by atoms with Crippen molar-refractivity contribution in [3.8, 4) is 5.88 Å². The number of rotatable bonds is 5. The number of hydrogen-bond acceptors (Lipinski definition) is 6. The topological polar surface area (TPSA) is 89.4 Å². The van der Waals surface area contributed by atoms with Crippen LogP contribution in [0, 0.1) is 0 Å². The molecule has 1 amide bonds. The minimum Gasteiger partial charge on any atom is -0.481 e. The Bertz CT molecular complexity index is 1330. The first-order valence-corrected chi connectivity index (χ1v) is 14.2. The molecule has 0 spiro atoms. The fourth-order valence-corrected chi connectivity index (χ4v) is 7.15. The van der Waals surface area contributed by atoms with Crippen molar-refractivity contribution in [3.05, 3.63) is 58.6 Å². The molecule has 1 N–H and O–H groups in total. The molecule has 38 heavy (non-hydrogen) atoms. The molecule has 2 bridgehead atoms. The molecule has 2 aromatic heterocycles. The van der Waals surface area contributed by atoms with Crippen LogP contribution >= 0.6 is 0 Å². The predicted molar refractivity (Wildman–Crippen MR) is 148 cm³/mol. The molecule has 200 valence electrons. The summed E-state index contributed by atoms with van der Waals surface area (Å²) in [6.07, 6.45) is 15.2. The predicted octanol–water partition coefficient (Wildman–Crippen LogP) is 5.33. The van der Waals surface area contributed by atoms with Crippen LogP contribution < -0.4 is 15.6 Å². The van der Waals surface area contributed by atoms with Crippen molar-refractivity contribution in [1.82, 2.24) is 19.4 Å². The van der Waals surface area contributed by atoms with Crippen molar-refractivity contribution < 1.29 is 9.53 Å². The SMILES string of the molecule is COc1ccc(NC(=O)c2nc3ccccc3n([C@H]3C[C@H]4CC[C@@H](C3)N4C3CCCCCCC3)c2=O)cn1. The minimum absolute atomic E-state index is 0.0620. The average molecular weight is 516 g/mol. The molecule has 3 aliphatic rings. The fraction of sp³-hybridized carbons (Fsp3) is 0.533. The highest BCUT2D eigenvalue weighted by Crippen LogP contribution is 2.44. The largest absolute Gasteiger partial charge is 0.481 e. The Labute approximate surface area is 223 Å². The van der Waals surface area contributed by atoms with Gasteiger partial charge >= 0.3 is 0 Å². The number of carbonyl (C=O) groups is 1. The second-order valence-electron chi connectivity index (χ2n) is 11.1. The molecule has 2 aliphatic heterocycles. The van der Waals surface area contributed by atoms with E-state index in [1.54, 1.807) is 12.1 Å². The van der Waals surface area contributed by atoms with Gasteiger partial charge in [0.2, 0.25) is 5.88 Å².